The van der Waals surface area contributed by atoms with Crippen LogP contribution in [0.3, 0.4) is 0 Å². The van der Waals surface area contributed by atoms with Crippen molar-refractivity contribution < 1.29 is 13.0 Å². The van der Waals surface area contributed by atoms with Gasteiger partial charge in [-0.25, -0.2) is 0 Å². The van der Waals surface area contributed by atoms with Gasteiger partial charge in [-0.15, -0.1) is 15.3 Å². The molecule has 0 bridgehead atoms. The maximum Gasteiger partial charge on any atom is 0.295 e. The molecule has 0 radical (unpaired) electrons. The van der Waals surface area contributed by atoms with Gasteiger partial charge >= 0.3 is 0 Å². The first-order chi connectivity index (χ1) is 14.0. The van der Waals surface area contributed by atoms with Crippen LogP contribution in [0.5, 0.6) is 0 Å². The highest BCUT2D eigenvalue weighted by atomic mass is 32.2. The number of hydrogen-bond acceptors (Lipinski definition) is 8. The summed E-state index contributed by atoms with van der Waals surface area (Å²) < 4.78 is 33.3. The van der Waals surface area contributed by atoms with E-state index < -0.39 is 10.1 Å². The lowest BCUT2D eigenvalue weighted by Crippen LogP contribution is -2.00. The van der Waals surface area contributed by atoms with Gasteiger partial charge in [0.05, 0.1) is 11.7 Å². The fourth-order valence-electron chi connectivity index (χ4n) is 2.86. The molecule has 29 heavy (non-hydrogen) atoms. The number of pyridine rings is 2. The lowest BCUT2D eigenvalue weighted by atomic mass is 10.1. The van der Waals surface area contributed by atoms with Crippen molar-refractivity contribution >= 4 is 49.0 Å². The third-order valence-corrected chi connectivity index (χ3v) is 4.99. The number of rotatable bonds is 4. The Labute approximate surface area is 164 Å². The van der Waals surface area contributed by atoms with Crippen LogP contribution in [0.25, 0.3) is 21.8 Å². The molecular formula is C18H13N7O3S. The van der Waals surface area contributed by atoms with Crippen molar-refractivity contribution in [1.82, 2.24) is 9.97 Å². The lowest BCUT2D eigenvalue weighted by Gasteiger charge is -2.08. The summed E-state index contributed by atoms with van der Waals surface area (Å²) in [7, 11) is -4.55. The lowest BCUT2D eigenvalue weighted by molar-refractivity contribution is 0.484. The highest BCUT2D eigenvalue weighted by Crippen LogP contribution is 2.39. The van der Waals surface area contributed by atoms with Crippen molar-refractivity contribution in [1.29, 1.82) is 0 Å². The minimum atomic E-state index is -4.55. The third-order valence-electron chi connectivity index (χ3n) is 4.09. The molecule has 2 heterocycles. The normalized spacial score (nSPS) is 12.4. The zero-order valence-corrected chi connectivity index (χ0v) is 15.5. The van der Waals surface area contributed by atoms with E-state index in [1.807, 2.05) is 24.3 Å². The Bertz CT molecular complexity index is 1400. The predicted molar refractivity (Wildman–Crippen MR) is 106 cm³/mol. The van der Waals surface area contributed by atoms with E-state index >= 15 is 0 Å². The van der Waals surface area contributed by atoms with Gasteiger partial charge in [-0.2, -0.15) is 8.42 Å². The van der Waals surface area contributed by atoms with Crippen LogP contribution < -0.4 is 5.84 Å². The van der Waals surface area contributed by atoms with Crippen molar-refractivity contribution in [3.05, 3.63) is 60.9 Å². The Hall–Kier alpha value is -3.83. The molecule has 0 fully saturated rings. The Morgan fingerprint density at radius 1 is 0.966 bits per heavy atom. The molecule has 0 saturated carbocycles. The smallest absolute Gasteiger partial charge is 0.295 e. The van der Waals surface area contributed by atoms with Gasteiger partial charge in [0.2, 0.25) is 0 Å². The zero-order chi connectivity index (χ0) is 20.4. The largest absolute Gasteiger partial charge is 0.305 e. The summed E-state index contributed by atoms with van der Waals surface area (Å²) in [6.45, 7) is 0. The average Bonchev–Trinajstić information content (AvgIpc) is 2.72. The number of hydrogen-bond donors (Lipinski definition) is 2. The number of benzene rings is 2. The minimum absolute atomic E-state index is 0.0196. The van der Waals surface area contributed by atoms with Crippen LogP contribution in [0, 0.1) is 0 Å². The molecule has 0 spiro atoms. The van der Waals surface area contributed by atoms with Gasteiger partial charge in [0.15, 0.2) is 0 Å². The fraction of sp³-hybridized carbons (Fsp3) is 0. The molecule has 2 aromatic carbocycles. The van der Waals surface area contributed by atoms with Crippen LogP contribution >= 0.6 is 0 Å². The molecule has 0 aliphatic carbocycles. The van der Waals surface area contributed by atoms with Gasteiger partial charge in [0.25, 0.3) is 10.1 Å². The van der Waals surface area contributed by atoms with Gasteiger partial charge in [-0.05, 0) is 30.3 Å². The Morgan fingerprint density at radius 3 is 2.59 bits per heavy atom. The van der Waals surface area contributed by atoms with Crippen LogP contribution in [0.15, 0.2) is 86.4 Å². The SMILES string of the molecule is NN=Nc1c(/N=N/c2cnc3ccccc3c2)cc(S(=O)(=O)O)c2cccnc12. The first-order valence-corrected chi connectivity index (χ1v) is 9.68. The Kier molecular flexibility index (Phi) is 4.66. The highest BCUT2D eigenvalue weighted by molar-refractivity contribution is 7.86. The molecule has 0 amide bonds. The highest BCUT2D eigenvalue weighted by Gasteiger charge is 2.20. The van der Waals surface area contributed by atoms with E-state index in [2.05, 4.69) is 30.5 Å². The summed E-state index contributed by atoms with van der Waals surface area (Å²) in [6.07, 6.45) is 2.97. The molecular weight excluding hydrogens is 394 g/mol. The summed E-state index contributed by atoms with van der Waals surface area (Å²) in [5.74, 6) is 5.19. The predicted octanol–water partition coefficient (Wildman–Crippen LogP) is 4.40. The minimum Gasteiger partial charge on any atom is -0.305 e. The van der Waals surface area contributed by atoms with E-state index in [1.54, 1.807) is 6.07 Å². The molecule has 0 aliphatic heterocycles. The van der Waals surface area contributed by atoms with Crippen LogP contribution in [0.1, 0.15) is 0 Å². The summed E-state index contributed by atoms with van der Waals surface area (Å²) in [6, 6.07) is 13.4. The maximum atomic E-state index is 11.9. The summed E-state index contributed by atoms with van der Waals surface area (Å²) in [5.41, 5.74) is 1.53. The second-order valence-electron chi connectivity index (χ2n) is 5.92. The second kappa shape index (κ2) is 7.30. The molecule has 0 aliphatic rings. The van der Waals surface area contributed by atoms with E-state index in [0.717, 1.165) is 17.0 Å². The molecule has 4 aromatic rings. The average molecular weight is 407 g/mol. The summed E-state index contributed by atoms with van der Waals surface area (Å²) >= 11 is 0. The number of fused-ring (bicyclic) bond motifs is 2. The van der Waals surface area contributed by atoms with Crippen LogP contribution in [0.4, 0.5) is 17.1 Å². The van der Waals surface area contributed by atoms with Crippen molar-refractivity contribution in [3.8, 4) is 0 Å². The van der Waals surface area contributed by atoms with Gasteiger partial charge in [0.1, 0.15) is 27.5 Å². The maximum absolute atomic E-state index is 11.9. The third kappa shape index (κ3) is 3.63. The molecule has 10 nitrogen and oxygen atoms in total. The van der Waals surface area contributed by atoms with Crippen LogP contribution in [-0.4, -0.2) is 22.9 Å². The standard InChI is InChI=1S/C18H13N7O3S/c19-25-24-18-15(9-16(29(26,27)28)13-5-3-7-20-17(13)18)23-22-12-8-11-4-1-2-6-14(11)21-10-12/h1-10H,(H2,19,24)(H,26,27,28)/b23-22+. The quantitative estimate of drug-likeness (QED) is 0.221. The first-order valence-electron chi connectivity index (χ1n) is 8.24. The van der Waals surface area contributed by atoms with Gasteiger partial charge in [0, 0.05) is 17.0 Å². The second-order valence-corrected chi connectivity index (χ2v) is 7.31. The molecule has 144 valence electrons. The van der Waals surface area contributed by atoms with Crippen molar-refractivity contribution in [2.75, 3.05) is 0 Å². The summed E-state index contributed by atoms with van der Waals surface area (Å²) in [5, 5.41) is 16.3. The van der Waals surface area contributed by atoms with Crippen molar-refractivity contribution in [2.45, 2.75) is 4.90 Å². The van der Waals surface area contributed by atoms with Crippen molar-refractivity contribution in [3.63, 3.8) is 0 Å². The first kappa shape index (κ1) is 18.5. The zero-order valence-electron chi connectivity index (χ0n) is 14.7. The molecule has 0 atom stereocenters. The molecule has 0 saturated heterocycles. The van der Waals surface area contributed by atoms with E-state index in [1.165, 1.54) is 24.5 Å². The number of nitrogens with two attached hydrogens (primary N) is 1. The van der Waals surface area contributed by atoms with Gasteiger partial charge in [-0.3, -0.25) is 14.5 Å². The van der Waals surface area contributed by atoms with Crippen LogP contribution in [0.2, 0.25) is 0 Å². The molecule has 3 N–H and O–H groups in total. The molecule has 11 heteroatoms. The monoisotopic (exact) mass is 407 g/mol. The van der Waals surface area contributed by atoms with Crippen LogP contribution in [-0.2, 0) is 10.1 Å². The van der Waals surface area contributed by atoms with E-state index in [-0.39, 0.29) is 27.2 Å². The van der Waals surface area contributed by atoms with E-state index in [4.69, 9.17) is 5.84 Å². The van der Waals surface area contributed by atoms with Crippen molar-refractivity contribution in [2.24, 2.45) is 26.4 Å². The van der Waals surface area contributed by atoms with Gasteiger partial charge < -0.3 is 5.84 Å². The molecule has 4 rings (SSSR count). The Balaban J connectivity index is 1.91. The number of azo groups is 1. The number of aromatic nitrogens is 2. The van der Waals surface area contributed by atoms with E-state index in [0.29, 0.717) is 5.69 Å². The summed E-state index contributed by atoms with van der Waals surface area (Å²) in [4.78, 5) is 8.05. The van der Waals surface area contributed by atoms with E-state index in [9.17, 15) is 13.0 Å². The fourth-order valence-corrected chi connectivity index (χ4v) is 3.56. The Morgan fingerprint density at radius 2 is 1.79 bits per heavy atom. The molecule has 0 unspecified atom stereocenters. The molecule has 2 aromatic heterocycles. The van der Waals surface area contributed by atoms with Gasteiger partial charge in [-0.1, -0.05) is 23.4 Å². The topological polar surface area (TPSA) is 156 Å². The number of para-hydroxylation sites is 1. The number of nitrogens with zero attached hydrogens (tertiary/aromatic N) is 6.